The summed E-state index contributed by atoms with van der Waals surface area (Å²) in [5.41, 5.74) is 1.50. The number of hydrogen-bond acceptors (Lipinski definition) is 1. The highest BCUT2D eigenvalue weighted by Gasteiger charge is 2.21. The van der Waals surface area contributed by atoms with Gasteiger partial charge in [-0.2, -0.15) is 0 Å². The third-order valence-corrected chi connectivity index (χ3v) is 4.50. The van der Waals surface area contributed by atoms with E-state index < -0.39 is 0 Å². The Balaban J connectivity index is 1.50. The highest BCUT2D eigenvalue weighted by molar-refractivity contribution is 5.14. The summed E-state index contributed by atoms with van der Waals surface area (Å²) in [6.45, 7) is 4.89. The standard InChI is InChI=1S/C18H29N/c1-2-19-16-10-15-18(19)14-9-4-3-6-11-17-12-7-5-8-13-17/h5,7-8,12-13,18H,2-4,6,9-11,14-16H2,1H3/t18-/m1/s1. The van der Waals surface area contributed by atoms with Crippen LogP contribution in [0.4, 0.5) is 0 Å². The molecule has 0 unspecified atom stereocenters. The molecule has 1 heterocycles. The Hall–Kier alpha value is -0.820. The normalized spacial score (nSPS) is 19.9. The second kappa shape index (κ2) is 8.37. The van der Waals surface area contributed by atoms with Gasteiger partial charge >= 0.3 is 0 Å². The van der Waals surface area contributed by atoms with Crippen LogP contribution in [0, 0.1) is 0 Å². The first-order valence-electron chi connectivity index (χ1n) is 8.18. The predicted octanol–water partition coefficient (Wildman–Crippen LogP) is 4.66. The molecule has 0 saturated carbocycles. The average molecular weight is 259 g/mol. The highest BCUT2D eigenvalue weighted by Crippen LogP contribution is 2.22. The van der Waals surface area contributed by atoms with Gasteiger partial charge in [-0.15, -0.1) is 0 Å². The molecule has 2 rings (SSSR count). The third kappa shape index (κ3) is 4.99. The molecule has 0 bridgehead atoms. The molecule has 1 aliphatic heterocycles. The van der Waals surface area contributed by atoms with Crippen LogP contribution in [-0.2, 0) is 6.42 Å². The van der Waals surface area contributed by atoms with E-state index in [0.717, 1.165) is 6.04 Å². The van der Waals surface area contributed by atoms with E-state index in [1.807, 2.05) is 0 Å². The summed E-state index contributed by atoms with van der Waals surface area (Å²) in [6, 6.07) is 11.8. The molecule has 1 aromatic rings. The second-order valence-corrected chi connectivity index (χ2v) is 5.86. The van der Waals surface area contributed by atoms with Crippen LogP contribution in [-0.4, -0.2) is 24.0 Å². The maximum Gasteiger partial charge on any atom is 0.00956 e. The Morgan fingerprint density at radius 1 is 1.05 bits per heavy atom. The molecule has 1 saturated heterocycles. The largest absolute Gasteiger partial charge is 0.301 e. The van der Waals surface area contributed by atoms with Crippen molar-refractivity contribution in [1.29, 1.82) is 0 Å². The van der Waals surface area contributed by atoms with Crippen LogP contribution in [0.25, 0.3) is 0 Å². The van der Waals surface area contributed by atoms with Crippen molar-refractivity contribution in [1.82, 2.24) is 4.90 Å². The molecule has 0 N–H and O–H groups in total. The smallest absolute Gasteiger partial charge is 0.00956 e. The fourth-order valence-electron chi connectivity index (χ4n) is 3.35. The van der Waals surface area contributed by atoms with Crippen molar-refractivity contribution in [2.24, 2.45) is 0 Å². The molecule has 1 heteroatoms. The van der Waals surface area contributed by atoms with Crippen LogP contribution in [0.1, 0.15) is 57.4 Å². The summed E-state index contributed by atoms with van der Waals surface area (Å²) in [5.74, 6) is 0. The lowest BCUT2D eigenvalue weighted by Gasteiger charge is -2.22. The minimum absolute atomic E-state index is 0.902. The van der Waals surface area contributed by atoms with Crippen molar-refractivity contribution >= 4 is 0 Å². The highest BCUT2D eigenvalue weighted by atomic mass is 15.2. The zero-order valence-electron chi connectivity index (χ0n) is 12.5. The van der Waals surface area contributed by atoms with Crippen LogP contribution in [0.2, 0.25) is 0 Å². The molecule has 1 aromatic carbocycles. The maximum atomic E-state index is 2.67. The maximum absolute atomic E-state index is 2.67. The lowest BCUT2D eigenvalue weighted by Crippen LogP contribution is -2.28. The van der Waals surface area contributed by atoms with Gasteiger partial charge in [0, 0.05) is 6.04 Å². The summed E-state index contributed by atoms with van der Waals surface area (Å²) in [7, 11) is 0. The summed E-state index contributed by atoms with van der Waals surface area (Å²) in [5, 5.41) is 0. The van der Waals surface area contributed by atoms with Crippen LogP contribution >= 0.6 is 0 Å². The molecule has 0 amide bonds. The summed E-state index contributed by atoms with van der Waals surface area (Å²) in [4.78, 5) is 2.67. The Morgan fingerprint density at radius 3 is 2.63 bits per heavy atom. The number of unbranched alkanes of at least 4 members (excludes halogenated alkanes) is 3. The van der Waals surface area contributed by atoms with Gasteiger partial charge in [0.15, 0.2) is 0 Å². The molecular weight excluding hydrogens is 230 g/mol. The molecule has 1 aliphatic rings. The quantitative estimate of drug-likeness (QED) is 0.614. The van der Waals surface area contributed by atoms with Crippen LogP contribution < -0.4 is 0 Å². The first-order chi connectivity index (χ1) is 9.40. The van der Waals surface area contributed by atoms with Gasteiger partial charge in [0.25, 0.3) is 0 Å². The number of aryl methyl sites for hydroxylation is 1. The molecular formula is C18H29N. The molecule has 0 radical (unpaired) electrons. The average Bonchev–Trinajstić information content (AvgIpc) is 2.91. The number of hydrogen-bond donors (Lipinski definition) is 0. The lowest BCUT2D eigenvalue weighted by atomic mass is 10.0. The number of rotatable bonds is 8. The topological polar surface area (TPSA) is 3.24 Å². The van der Waals surface area contributed by atoms with Crippen LogP contribution in [0.5, 0.6) is 0 Å². The van der Waals surface area contributed by atoms with E-state index in [4.69, 9.17) is 0 Å². The molecule has 0 aliphatic carbocycles. The van der Waals surface area contributed by atoms with E-state index in [1.54, 1.807) is 0 Å². The number of benzene rings is 1. The molecule has 0 aromatic heterocycles. The van der Waals surface area contributed by atoms with Gasteiger partial charge in [0.1, 0.15) is 0 Å². The fourth-order valence-corrected chi connectivity index (χ4v) is 3.35. The minimum Gasteiger partial charge on any atom is -0.301 e. The van der Waals surface area contributed by atoms with E-state index in [-0.39, 0.29) is 0 Å². The van der Waals surface area contributed by atoms with Crippen molar-refractivity contribution in [3.63, 3.8) is 0 Å². The lowest BCUT2D eigenvalue weighted by molar-refractivity contribution is 0.250. The predicted molar refractivity (Wildman–Crippen MR) is 83.5 cm³/mol. The van der Waals surface area contributed by atoms with Crippen molar-refractivity contribution in [3.8, 4) is 0 Å². The summed E-state index contributed by atoms with van der Waals surface area (Å²) < 4.78 is 0. The zero-order valence-corrected chi connectivity index (χ0v) is 12.5. The summed E-state index contributed by atoms with van der Waals surface area (Å²) in [6.07, 6.45) is 11.1. The Kier molecular flexibility index (Phi) is 6.43. The van der Waals surface area contributed by atoms with Crippen LogP contribution in [0.15, 0.2) is 30.3 Å². The van der Waals surface area contributed by atoms with Gasteiger partial charge in [0.2, 0.25) is 0 Å². The van der Waals surface area contributed by atoms with Gasteiger partial charge in [-0.05, 0) is 50.8 Å². The minimum atomic E-state index is 0.902. The Labute approximate surface area is 119 Å². The van der Waals surface area contributed by atoms with Crippen molar-refractivity contribution < 1.29 is 0 Å². The number of likely N-dealkylation sites (tertiary alicyclic amines) is 1. The zero-order chi connectivity index (χ0) is 13.3. The molecule has 0 spiro atoms. The Bertz CT molecular complexity index is 333. The fraction of sp³-hybridized carbons (Fsp3) is 0.667. The van der Waals surface area contributed by atoms with Gasteiger partial charge in [-0.3, -0.25) is 0 Å². The summed E-state index contributed by atoms with van der Waals surface area (Å²) >= 11 is 0. The second-order valence-electron chi connectivity index (χ2n) is 5.86. The van der Waals surface area contributed by atoms with Gasteiger partial charge in [-0.25, -0.2) is 0 Å². The van der Waals surface area contributed by atoms with Gasteiger partial charge in [-0.1, -0.05) is 56.5 Å². The van der Waals surface area contributed by atoms with E-state index in [0.29, 0.717) is 0 Å². The first-order valence-corrected chi connectivity index (χ1v) is 8.18. The third-order valence-electron chi connectivity index (χ3n) is 4.50. The van der Waals surface area contributed by atoms with E-state index in [9.17, 15) is 0 Å². The molecule has 19 heavy (non-hydrogen) atoms. The number of nitrogens with zero attached hydrogens (tertiary/aromatic N) is 1. The monoisotopic (exact) mass is 259 g/mol. The van der Waals surface area contributed by atoms with E-state index in [2.05, 4.69) is 42.2 Å². The van der Waals surface area contributed by atoms with E-state index >= 15 is 0 Å². The first kappa shape index (κ1) is 14.6. The Morgan fingerprint density at radius 2 is 1.84 bits per heavy atom. The molecule has 106 valence electrons. The van der Waals surface area contributed by atoms with Gasteiger partial charge in [0.05, 0.1) is 0 Å². The molecule has 1 fully saturated rings. The molecule has 1 atom stereocenters. The molecule has 1 nitrogen and oxygen atoms in total. The van der Waals surface area contributed by atoms with Crippen molar-refractivity contribution in [3.05, 3.63) is 35.9 Å². The SMILES string of the molecule is CCN1CCC[C@H]1CCCCCCc1ccccc1. The van der Waals surface area contributed by atoms with Gasteiger partial charge < -0.3 is 4.90 Å². The van der Waals surface area contributed by atoms with E-state index in [1.165, 1.54) is 70.0 Å². The van der Waals surface area contributed by atoms with Crippen LogP contribution in [0.3, 0.4) is 0 Å². The van der Waals surface area contributed by atoms with Crippen molar-refractivity contribution in [2.45, 2.75) is 64.3 Å². The van der Waals surface area contributed by atoms with Crippen molar-refractivity contribution in [2.75, 3.05) is 13.1 Å².